The first kappa shape index (κ1) is 20.3. The van der Waals surface area contributed by atoms with E-state index in [1.807, 2.05) is 23.7 Å². The first-order valence-electron chi connectivity index (χ1n) is 10.7. The molecule has 2 aromatic carbocycles. The van der Waals surface area contributed by atoms with Crippen molar-refractivity contribution in [2.24, 2.45) is 0 Å². The highest BCUT2D eigenvalue weighted by molar-refractivity contribution is 7.89. The van der Waals surface area contributed by atoms with Crippen molar-refractivity contribution in [2.45, 2.75) is 62.6 Å². The van der Waals surface area contributed by atoms with Crippen molar-refractivity contribution in [1.29, 1.82) is 0 Å². The predicted molar refractivity (Wildman–Crippen MR) is 115 cm³/mol. The summed E-state index contributed by atoms with van der Waals surface area (Å²) >= 11 is 0. The highest BCUT2D eigenvalue weighted by Crippen LogP contribution is 2.41. The molecule has 1 aromatic heterocycles. The zero-order valence-corrected chi connectivity index (χ0v) is 18.2. The minimum Gasteiger partial charge on any atom is -0.243 e. The number of halogens is 1. The third kappa shape index (κ3) is 3.57. The number of rotatable bonds is 3. The second-order valence-corrected chi connectivity index (χ2v) is 10.4. The number of hydrogen-bond acceptors (Lipinski definition) is 4. The maximum Gasteiger partial charge on any atom is 0.243 e. The van der Waals surface area contributed by atoms with Gasteiger partial charge in [0.1, 0.15) is 11.5 Å². The van der Waals surface area contributed by atoms with E-state index in [1.165, 1.54) is 12.1 Å². The topological polar surface area (TPSA) is 68.1 Å². The molecule has 31 heavy (non-hydrogen) atoms. The highest BCUT2D eigenvalue weighted by Gasteiger charge is 2.43. The summed E-state index contributed by atoms with van der Waals surface area (Å²) in [6.45, 7) is 2.15. The Bertz CT molecular complexity index is 1190. The van der Waals surface area contributed by atoms with E-state index in [4.69, 9.17) is 0 Å². The summed E-state index contributed by atoms with van der Waals surface area (Å²) in [5, 5.41) is 8.82. The molecule has 2 aliphatic rings. The van der Waals surface area contributed by atoms with Crippen molar-refractivity contribution in [3.05, 3.63) is 65.6 Å². The molecular weight excluding hydrogens is 415 g/mol. The molecule has 0 radical (unpaired) electrons. The quantitative estimate of drug-likeness (QED) is 0.603. The Morgan fingerprint density at radius 2 is 1.61 bits per heavy atom. The van der Waals surface area contributed by atoms with Gasteiger partial charge in [-0.25, -0.2) is 17.5 Å². The molecule has 0 unspecified atom stereocenters. The molecule has 0 N–H and O–H groups in total. The Morgan fingerprint density at radius 1 is 0.935 bits per heavy atom. The molecule has 1 aliphatic carbocycles. The highest BCUT2D eigenvalue weighted by atomic mass is 32.2. The van der Waals surface area contributed by atoms with Gasteiger partial charge in [0.2, 0.25) is 10.0 Å². The van der Waals surface area contributed by atoms with Crippen molar-refractivity contribution >= 4 is 10.0 Å². The Labute approximate surface area is 181 Å². The van der Waals surface area contributed by atoms with Crippen LogP contribution >= 0.6 is 0 Å². The molecule has 6 nitrogen and oxygen atoms in total. The van der Waals surface area contributed by atoms with E-state index in [0.717, 1.165) is 48.9 Å². The normalized spacial score (nSPS) is 21.9. The lowest BCUT2D eigenvalue weighted by Gasteiger charge is -2.40. The molecule has 0 saturated heterocycles. The number of aromatic nitrogens is 3. The monoisotopic (exact) mass is 440 g/mol. The van der Waals surface area contributed by atoms with Crippen LogP contribution in [0.25, 0.3) is 11.3 Å². The molecule has 1 aliphatic heterocycles. The summed E-state index contributed by atoms with van der Waals surface area (Å²) in [4.78, 5) is 0.311. The molecule has 5 rings (SSSR count). The molecule has 162 valence electrons. The molecule has 0 spiro atoms. The van der Waals surface area contributed by atoms with Gasteiger partial charge >= 0.3 is 0 Å². The van der Waals surface area contributed by atoms with Crippen LogP contribution in [0, 0.1) is 12.7 Å². The van der Waals surface area contributed by atoms with Gasteiger partial charge in [0.25, 0.3) is 0 Å². The Kier molecular flexibility index (Phi) is 5.14. The molecule has 3 aromatic rings. The number of sulfonamides is 1. The average Bonchev–Trinajstić information content (AvgIpc) is 3.03. The van der Waals surface area contributed by atoms with Crippen molar-refractivity contribution in [3.63, 3.8) is 0 Å². The molecule has 1 saturated carbocycles. The smallest absolute Gasteiger partial charge is 0.243 e. The van der Waals surface area contributed by atoms with Gasteiger partial charge in [0.05, 0.1) is 23.2 Å². The number of aryl methyl sites for hydroxylation is 1. The van der Waals surface area contributed by atoms with Crippen molar-refractivity contribution in [2.75, 3.05) is 0 Å². The zero-order chi connectivity index (χ0) is 21.6. The van der Waals surface area contributed by atoms with Crippen LogP contribution in [0.3, 0.4) is 0 Å². The van der Waals surface area contributed by atoms with E-state index in [-0.39, 0.29) is 24.4 Å². The van der Waals surface area contributed by atoms with E-state index in [2.05, 4.69) is 10.3 Å². The Hall–Kier alpha value is -2.58. The van der Waals surface area contributed by atoms with Crippen LogP contribution in [0.2, 0.25) is 0 Å². The largest absolute Gasteiger partial charge is 0.243 e. The molecule has 0 amide bonds. The minimum absolute atomic E-state index is 0.0480. The summed E-state index contributed by atoms with van der Waals surface area (Å²) < 4.78 is 44.5. The summed E-state index contributed by atoms with van der Waals surface area (Å²) in [6, 6.07) is 12.9. The number of hydrogen-bond donors (Lipinski definition) is 0. The van der Waals surface area contributed by atoms with Gasteiger partial charge in [-0.1, -0.05) is 42.2 Å². The number of fused-ring (bicyclic) bond motifs is 3. The zero-order valence-electron chi connectivity index (χ0n) is 17.4. The maximum absolute atomic E-state index is 13.7. The second kappa shape index (κ2) is 7.84. The maximum atomic E-state index is 13.7. The van der Waals surface area contributed by atoms with E-state index >= 15 is 0 Å². The third-order valence-corrected chi connectivity index (χ3v) is 8.36. The van der Waals surface area contributed by atoms with Crippen LogP contribution in [0.4, 0.5) is 4.39 Å². The van der Waals surface area contributed by atoms with Crippen molar-refractivity contribution in [1.82, 2.24) is 19.3 Å². The predicted octanol–water partition coefficient (Wildman–Crippen LogP) is 4.47. The fourth-order valence-corrected chi connectivity index (χ4v) is 6.47. The molecule has 8 heteroatoms. The molecule has 2 heterocycles. The summed E-state index contributed by atoms with van der Waals surface area (Å²) in [6.07, 6.45) is 4.78. The average molecular weight is 441 g/mol. The van der Waals surface area contributed by atoms with E-state index in [9.17, 15) is 12.8 Å². The third-order valence-electron chi connectivity index (χ3n) is 6.47. The fraction of sp³-hybridized carbons (Fsp3) is 0.391. The Morgan fingerprint density at radius 3 is 2.32 bits per heavy atom. The Balaban J connectivity index is 1.62. The van der Waals surface area contributed by atoms with Crippen molar-refractivity contribution in [3.8, 4) is 11.3 Å². The molecule has 2 atom stereocenters. The van der Waals surface area contributed by atoms with Gasteiger partial charge in [0, 0.05) is 11.6 Å². The van der Waals surface area contributed by atoms with Gasteiger partial charge in [-0.15, -0.1) is 5.10 Å². The van der Waals surface area contributed by atoms with E-state index in [0.29, 0.717) is 10.6 Å². The fourth-order valence-electron chi connectivity index (χ4n) is 4.82. The lowest BCUT2D eigenvalue weighted by atomic mass is 9.99. The first-order valence-corrected chi connectivity index (χ1v) is 12.2. The summed E-state index contributed by atoms with van der Waals surface area (Å²) in [5.41, 5.74) is 3.14. The van der Waals surface area contributed by atoms with Crippen LogP contribution in [0.15, 0.2) is 53.4 Å². The van der Waals surface area contributed by atoms with Crippen LogP contribution in [0.1, 0.15) is 49.4 Å². The van der Waals surface area contributed by atoms with E-state index < -0.39 is 10.0 Å². The lowest BCUT2D eigenvalue weighted by Crippen LogP contribution is -2.49. The van der Waals surface area contributed by atoms with Gasteiger partial charge in [0.15, 0.2) is 0 Å². The molecule has 1 fully saturated rings. The molecular formula is C23H25FN4O2S. The molecule has 0 bridgehead atoms. The minimum atomic E-state index is -3.69. The van der Waals surface area contributed by atoms with Crippen LogP contribution < -0.4 is 0 Å². The van der Waals surface area contributed by atoms with Gasteiger partial charge in [-0.05, 0) is 56.2 Å². The van der Waals surface area contributed by atoms with Gasteiger partial charge < -0.3 is 0 Å². The first-order chi connectivity index (χ1) is 14.9. The van der Waals surface area contributed by atoms with E-state index in [1.54, 1.807) is 28.6 Å². The van der Waals surface area contributed by atoms with Crippen molar-refractivity contribution < 1.29 is 12.8 Å². The second-order valence-electron chi connectivity index (χ2n) is 8.47. The van der Waals surface area contributed by atoms with Crippen LogP contribution in [-0.4, -0.2) is 33.8 Å². The lowest BCUT2D eigenvalue weighted by molar-refractivity contribution is 0.166. The van der Waals surface area contributed by atoms with Crippen LogP contribution in [-0.2, 0) is 16.6 Å². The number of benzene rings is 2. The summed E-state index contributed by atoms with van der Waals surface area (Å²) in [7, 11) is -3.69. The summed E-state index contributed by atoms with van der Waals surface area (Å²) in [5.74, 6) is -0.322. The number of nitrogens with zero attached hydrogens (tertiary/aromatic N) is 4. The van der Waals surface area contributed by atoms with Crippen LogP contribution in [0.5, 0.6) is 0 Å². The van der Waals surface area contributed by atoms with Gasteiger partial charge in [-0.2, -0.15) is 4.31 Å². The SMILES string of the molecule is Cc1ccc(S(=O)(=O)N2Cc3c(-c4ccc(F)cc4)nnn3[C@H]3CCCCC[C@@H]32)cc1. The standard InChI is InChI=1S/C23H25FN4O2S/c1-16-7-13-19(14-8-16)31(29,30)27-15-22-23(17-9-11-18(24)12-10-17)25-26-28(22)21-6-4-2-3-5-20(21)27/h7-14,20-21H,2-6,15H2,1H3/t20-,21-/m0/s1. The van der Waals surface area contributed by atoms with Gasteiger partial charge in [-0.3, -0.25) is 0 Å².